The van der Waals surface area contributed by atoms with Crippen molar-refractivity contribution in [2.45, 2.75) is 33.4 Å². The number of hydrogen-bond acceptors (Lipinski definition) is 4. The number of nitrogens with zero attached hydrogens (tertiary/aromatic N) is 3. The number of carbonyl (C=O) groups is 2. The van der Waals surface area contributed by atoms with Gasteiger partial charge in [0.2, 0.25) is 5.91 Å². The van der Waals surface area contributed by atoms with Crippen LogP contribution in [0.15, 0.2) is 48.5 Å². The SMILES string of the molecule is CC.CN[C@@H](C)C(=O)Nc1ccc2c(n1)CN(c1cc(Cl)cc(Cl)c1)C(=O)N2c1cc(Cl)cc(Cl)c1. The van der Waals surface area contributed by atoms with Crippen LogP contribution in [0.2, 0.25) is 20.1 Å². The van der Waals surface area contributed by atoms with Crippen LogP contribution < -0.4 is 20.4 Å². The number of urea groups is 1. The van der Waals surface area contributed by atoms with E-state index in [4.69, 9.17) is 46.4 Å². The normalized spacial score (nSPS) is 13.5. The lowest BCUT2D eigenvalue weighted by molar-refractivity contribution is -0.117. The maximum atomic E-state index is 13.7. The average Bonchev–Trinajstić information content (AvgIpc) is 2.83. The van der Waals surface area contributed by atoms with Gasteiger partial charge in [-0.2, -0.15) is 0 Å². The van der Waals surface area contributed by atoms with Gasteiger partial charge in [0.15, 0.2) is 0 Å². The first-order chi connectivity index (χ1) is 17.2. The van der Waals surface area contributed by atoms with E-state index in [2.05, 4.69) is 15.6 Å². The molecule has 7 nitrogen and oxygen atoms in total. The fourth-order valence-corrected chi connectivity index (χ4v) is 4.53. The Morgan fingerprint density at radius 2 is 1.44 bits per heavy atom. The number of halogens is 4. The van der Waals surface area contributed by atoms with Gasteiger partial charge in [0.25, 0.3) is 0 Å². The molecule has 1 atom stereocenters. The summed E-state index contributed by atoms with van der Waals surface area (Å²) in [4.78, 5) is 33.6. The number of benzene rings is 2. The number of anilines is 4. The monoisotopic (exact) mass is 567 g/mol. The van der Waals surface area contributed by atoms with Crippen molar-refractivity contribution in [2.24, 2.45) is 0 Å². The molecule has 2 N–H and O–H groups in total. The van der Waals surface area contributed by atoms with Crippen LogP contribution in [0.5, 0.6) is 0 Å². The number of amides is 3. The lowest BCUT2D eigenvalue weighted by atomic mass is 10.1. The Labute approximate surface area is 230 Å². The predicted molar refractivity (Wildman–Crippen MR) is 149 cm³/mol. The standard InChI is InChI=1S/C23H19Cl4N5O2.C2H6/c1-12(28-2)22(33)30-21-4-3-20-19(29-21)11-31(17-7-13(24)5-14(25)8-17)23(34)32(20)18-9-15(26)6-16(27)10-18;1-2/h3-10,12,28H,11H2,1-2H3,(H,29,30,33);1-2H3/t12-;/m0./s1. The zero-order valence-electron chi connectivity index (χ0n) is 20.1. The molecule has 0 spiro atoms. The van der Waals surface area contributed by atoms with Crippen molar-refractivity contribution in [3.05, 3.63) is 74.3 Å². The van der Waals surface area contributed by atoms with Crippen LogP contribution in [-0.4, -0.2) is 30.0 Å². The number of aromatic nitrogens is 1. The highest BCUT2D eigenvalue weighted by atomic mass is 35.5. The van der Waals surface area contributed by atoms with Gasteiger partial charge in [-0.3, -0.25) is 14.6 Å². The van der Waals surface area contributed by atoms with Gasteiger partial charge in [-0.05, 0) is 62.5 Å². The smallest absolute Gasteiger partial charge is 0.309 e. The lowest BCUT2D eigenvalue weighted by Gasteiger charge is -2.37. The summed E-state index contributed by atoms with van der Waals surface area (Å²) >= 11 is 24.8. The van der Waals surface area contributed by atoms with Crippen molar-refractivity contribution in [3.63, 3.8) is 0 Å². The van der Waals surface area contributed by atoms with Crippen LogP contribution in [0.1, 0.15) is 26.5 Å². The van der Waals surface area contributed by atoms with E-state index in [0.717, 1.165) is 0 Å². The van der Waals surface area contributed by atoms with Gasteiger partial charge < -0.3 is 10.6 Å². The Bertz CT molecular complexity index is 1250. The molecule has 3 amide bonds. The molecule has 4 rings (SSSR count). The molecule has 0 saturated heterocycles. The first kappa shape index (κ1) is 28.0. The van der Waals surface area contributed by atoms with Gasteiger partial charge in [0, 0.05) is 25.8 Å². The van der Waals surface area contributed by atoms with Gasteiger partial charge in [-0.15, -0.1) is 0 Å². The van der Waals surface area contributed by atoms with Gasteiger partial charge in [-0.25, -0.2) is 9.78 Å². The van der Waals surface area contributed by atoms with Gasteiger partial charge in [-0.1, -0.05) is 60.3 Å². The summed E-state index contributed by atoms with van der Waals surface area (Å²) in [5, 5.41) is 7.17. The molecule has 11 heteroatoms. The number of pyridine rings is 1. The van der Waals surface area contributed by atoms with Gasteiger partial charge >= 0.3 is 6.03 Å². The molecule has 0 bridgehead atoms. The van der Waals surface area contributed by atoms with Crippen molar-refractivity contribution in [1.29, 1.82) is 0 Å². The van der Waals surface area contributed by atoms with Crippen molar-refractivity contribution < 1.29 is 9.59 Å². The molecule has 0 aliphatic carbocycles. The zero-order valence-corrected chi connectivity index (χ0v) is 23.1. The third-order valence-electron chi connectivity index (χ3n) is 5.26. The minimum atomic E-state index is -0.408. The number of nitrogens with one attached hydrogen (secondary N) is 2. The summed E-state index contributed by atoms with van der Waals surface area (Å²) in [6, 6.07) is 12.3. The lowest BCUT2D eigenvalue weighted by Crippen LogP contribution is -2.45. The molecule has 2 aromatic carbocycles. The van der Waals surface area contributed by atoms with E-state index in [1.54, 1.807) is 62.5 Å². The van der Waals surface area contributed by atoms with E-state index in [-0.39, 0.29) is 18.5 Å². The van der Waals surface area contributed by atoms with Crippen LogP contribution >= 0.6 is 46.4 Å². The van der Waals surface area contributed by atoms with Crippen LogP contribution in [0.3, 0.4) is 0 Å². The Morgan fingerprint density at radius 3 is 1.97 bits per heavy atom. The van der Waals surface area contributed by atoms with E-state index in [0.29, 0.717) is 48.7 Å². The summed E-state index contributed by atoms with van der Waals surface area (Å²) in [5.41, 5.74) is 2.03. The van der Waals surface area contributed by atoms with Crippen LogP contribution in [0.25, 0.3) is 0 Å². The van der Waals surface area contributed by atoms with E-state index in [1.165, 1.54) is 9.80 Å². The number of hydrogen-bond donors (Lipinski definition) is 2. The van der Waals surface area contributed by atoms with E-state index in [9.17, 15) is 9.59 Å². The molecule has 36 heavy (non-hydrogen) atoms. The maximum absolute atomic E-state index is 13.7. The molecular weight excluding hydrogens is 544 g/mol. The number of rotatable bonds is 5. The summed E-state index contributed by atoms with van der Waals surface area (Å²) in [6.45, 7) is 5.86. The Morgan fingerprint density at radius 1 is 0.917 bits per heavy atom. The maximum Gasteiger partial charge on any atom is 0.334 e. The van der Waals surface area contributed by atoms with E-state index in [1.807, 2.05) is 13.8 Å². The van der Waals surface area contributed by atoms with E-state index < -0.39 is 6.04 Å². The highest BCUT2D eigenvalue weighted by molar-refractivity contribution is 6.36. The molecule has 1 aliphatic heterocycles. The molecule has 0 radical (unpaired) electrons. The predicted octanol–water partition coefficient (Wildman–Crippen LogP) is 7.55. The minimum Gasteiger partial charge on any atom is -0.309 e. The third-order valence-corrected chi connectivity index (χ3v) is 6.14. The molecule has 1 aliphatic rings. The first-order valence-corrected chi connectivity index (χ1v) is 12.7. The van der Waals surface area contributed by atoms with Gasteiger partial charge in [0.1, 0.15) is 5.82 Å². The fourth-order valence-electron chi connectivity index (χ4n) is 3.51. The van der Waals surface area contributed by atoms with Gasteiger partial charge in [0.05, 0.1) is 29.7 Å². The molecule has 0 fully saturated rings. The number of carbonyl (C=O) groups excluding carboxylic acids is 2. The molecule has 1 aromatic heterocycles. The van der Waals surface area contributed by atoms with Crippen LogP contribution in [0, 0.1) is 0 Å². The second-order valence-electron chi connectivity index (χ2n) is 7.62. The molecule has 0 saturated carbocycles. The van der Waals surface area contributed by atoms with Crippen molar-refractivity contribution in [3.8, 4) is 0 Å². The summed E-state index contributed by atoms with van der Waals surface area (Å²) in [6.07, 6.45) is 0. The number of likely N-dealkylation sites (N-methyl/N-ethyl adjacent to an activating group) is 1. The third kappa shape index (κ3) is 6.22. The Balaban J connectivity index is 0.00000176. The van der Waals surface area contributed by atoms with E-state index >= 15 is 0 Å². The van der Waals surface area contributed by atoms with Crippen molar-refractivity contribution in [2.75, 3.05) is 22.2 Å². The largest absolute Gasteiger partial charge is 0.334 e. The fraction of sp³-hybridized carbons (Fsp3) is 0.240. The molecule has 190 valence electrons. The van der Waals surface area contributed by atoms with Crippen LogP contribution in [0.4, 0.5) is 27.7 Å². The average molecular weight is 569 g/mol. The second-order valence-corrected chi connectivity index (χ2v) is 9.37. The zero-order chi connectivity index (χ0) is 26.6. The first-order valence-electron chi connectivity index (χ1n) is 11.2. The highest BCUT2D eigenvalue weighted by Crippen LogP contribution is 2.39. The quantitative estimate of drug-likeness (QED) is 0.333. The number of fused-ring (bicyclic) bond motifs is 1. The minimum absolute atomic E-state index is 0.126. The topological polar surface area (TPSA) is 77.6 Å². The molecule has 0 unspecified atom stereocenters. The second kappa shape index (κ2) is 12.1. The van der Waals surface area contributed by atoms with Crippen molar-refractivity contribution >= 4 is 81.2 Å². The molecular formula is C25H25Cl4N5O2. The Kier molecular flexibility index (Phi) is 9.44. The van der Waals surface area contributed by atoms with Crippen molar-refractivity contribution in [1.82, 2.24) is 10.3 Å². The Hall–Kier alpha value is -2.55. The highest BCUT2D eigenvalue weighted by Gasteiger charge is 2.34. The molecule has 3 aromatic rings. The van der Waals surface area contributed by atoms with Crippen LogP contribution in [-0.2, 0) is 11.3 Å². The summed E-state index contributed by atoms with van der Waals surface area (Å²) in [5.74, 6) is 0.118. The summed E-state index contributed by atoms with van der Waals surface area (Å²) in [7, 11) is 1.69. The molecule has 2 heterocycles. The summed E-state index contributed by atoms with van der Waals surface area (Å²) < 4.78 is 0.